The number of carbonyl (C=O) groups excluding carboxylic acids is 1. The number of aliphatic hydroxyl groups is 1. The lowest BCUT2D eigenvalue weighted by Crippen LogP contribution is -2.32. The normalized spacial score (nSPS) is 13.5. The summed E-state index contributed by atoms with van der Waals surface area (Å²) in [4.78, 5) is 10.5. The van der Waals surface area contributed by atoms with E-state index < -0.39 is 6.10 Å². The molecule has 0 fully saturated rings. The van der Waals surface area contributed by atoms with Crippen LogP contribution in [-0.4, -0.2) is 17.1 Å². The van der Waals surface area contributed by atoms with Gasteiger partial charge >= 0.3 is 0 Å². The van der Waals surface area contributed by atoms with E-state index in [1.165, 1.54) is 6.08 Å². The fraction of sp³-hybridized carbons (Fsp3) is 0.500. The van der Waals surface area contributed by atoms with Gasteiger partial charge in [-0.3, -0.25) is 10.2 Å². The van der Waals surface area contributed by atoms with Gasteiger partial charge in [0.2, 0.25) is 5.91 Å². The van der Waals surface area contributed by atoms with Crippen LogP contribution in [0.3, 0.4) is 0 Å². The molecule has 0 saturated heterocycles. The molecule has 10 heavy (non-hydrogen) atoms. The molecule has 1 amide bonds. The van der Waals surface area contributed by atoms with Gasteiger partial charge in [0, 0.05) is 0 Å². The summed E-state index contributed by atoms with van der Waals surface area (Å²) < 4.78 is 0. The number of allylic oxidation sites excluding steroid dienone is 1. The van der Waals surface area contributed by atoms with Gasteiger partial charge in [-0.25, -0.2) is 5.84 Å². The third-order valence-electron chi connectivity index (χ3n) is 0.970. The average Bonchev–Trinajstić information content (AvgIpc) is 1.88. The molecule has 58 valence electrons. The van der Waals surface area contributed by atoms with Crippen molar-refractivity contribution in [2.24, 2.45) is 5.84 Å². The van der Waals surface area contributed by atoms with Crippen LogP contribution in [0.15, 0.2) is 12.2 Å². The zero-order valence-electron chi connectivity index (χ0n) is 5.87. The highest BCUT2D eigenvalue weighted by molar-refractivity contribution is 5.75. The molecule has 0 aliphatic carbocycles. The molecule has 4 heteroatoms. The molecule has 0 aromatic carbocycles. The van der Waals surface area contributed by atoms with Gasteiger partial charge in [-0.05, 0) is 6.92 Å². The second kappa shape index (κ2) is 4.96. The molecule has 0 aromatic heterocycles. The minimum Gasteiger partial charge on any atom is -0.389 e. The van der Waals surface area contributed by atoms with Gasteiger partial charge in [-0.2, -0.15) is 0 Å². The molecule has 0 aliphatic heterocycles. The van der Waals surface area contributed by atoms with E-state index in [-0.39, 0.29) is 12.3 Å². The summed E-state index contributed by atoms with van der Waals surface area (Å²) >= 11 is 0. The highest BCUT2D eigenvalue weighted by Crippen LogP contribution is 1.91. The van der Waals surface area contributed by atoms with E-state index in [1.807, 2.05) is 5.43 Å². The van der Waals surface area contributed by atoms with E-state index >= 15 is 0 Å². The van der Waals surface area contributed by atoms with Crippen LogP contribution in [0.5, 0.6) is 0 Å². The van der Waals surface area contributed by atoms with E-state index in [2.05, 4.69) is 0 Å². The Morgan fingerprint density at radius 1 is 1.90 bits per heavy atom. The fourth-order valence-corrected chi connectivity index (χ4v) is 0.539. The third-order valence-corrected chi connectivity index (χ3v) is 0.970. The molecule has 0 aromatic rings. The Morgan fingerprint density at radius 2 is 2.50 bits per heavy atom. The van der Waals surface area contributed by atoms with Crippen molar-refractivity contribution < 1.29 is 9.90 Å². The molecule has 0 unspecified atom stereocenters. The topological polar surface area (TPSA) is 75.3 Å². The fourth-order valence-electron chi connectivity index (χ4n) is 0.539. The molecule has 0 aliphatic rings. The maximum absolute atomic E-state index is 10.5. The molecular formula is C6H12N2O2. The lowest BCUT2D eigenvalue weighted by molar-refractivity contribution is -0.122. The van der Waals surface area contributed by atoms with Crippen LogP contribution in [0, 0.1) is 0 Å². The number of hydrogen-bond acceptors (Lipinski definition) is 3. The molecule has 0 rings (SSSR count). The number of aliphatic hydroxyl groups excluding tert-OH is 1. The van der Waals surface area contributed by atoms with Gasteiger partial charge in [-0.1, -0.05) is 12.2 Å². The van der Waals surface area contributed by atoms with Gasteiger partial charge in [0.25, 0.3) is 0 Å². The molecule has 0 heterocycles. The van der Waals surface area contributed by atoms with Crippen LogP contribution in [0.4, 0.5) is 0 Å². The maximum atomic E-state index is 10.5. The third kappa shape index (κ3) is 4.05. The second-order valence-electron chi connectivity index (χ2n) is 1.86. The van der Waals surface area contributed by atoms with E-state index in [4.69, 9.17) is 10.9 Å². The smallest absolute Gasteiger partial charge is 0.236 e. The van der Waals surface area contributed by atoms with Crippen molar-refractivity contribution in [3.63, 3.8) is 0 Å². The number of rotatable bonds is 3. The Balaban J connectivity index is 3.57. The zero-order valence-corrected chi connectivity index (χ0v) is 5.87. The number of hydrazine groups is 1. The number of amides is 1. The van der Waals surface area contributed by atoms with Gasteiger partial charge in [0.1, 0.15) is 0 Å². The Hall–Kier alpha value is -0.870. The average molecular weight is 144 g/mol. The van der Waals surface area contributed by atoms with Crippen molar-refractivity contribution in [3.05, 3.63) is 12.2 Å². The predicted octanol–water partition coefficient (Wildman–Crippen LogP) is -0.697. The monoisotopic (exact) mass is 144 g/mol. The minimum atomic E-state index is -0.728. The van der Waals surface area contributed by atoms with Crippen molar-refractivity contribution in [1.82, 2.24) is 5.43 Å². The van der Waals surface area contributed by atoms with Crippen LogP contribution in [0.2, 0.25) is 0 Å². The van der Waals surface area contributed by atoms with Crippen LogP contribution in [-0.2, 0) is 4.79 Å². The number of hydrogen-bond donors (Lipinski definition) is 3. The summed E-state index contributed by atoms with van der Waals surface area (Å²) in [5.41, 5.74) is 1.92. The predicted molar refractivity (Wildman–Crippen MR) is 37.8 cm³/mol. The molecular weight excluding hydrogens is 132 g/mol. The van der Waals surface area contributed by atoms with Gasteiger partial charge in [0.15, 0.2) is 0 Å². The number of carbonyl (C=O) groups is 1. The van der Waals surface area contributed by atoms with Crippen LogP contribution >= 0.6 is 0 Å². The summed E-state index contributed by atoms with van der Waals surface area (Å²) in [6.45, 7) is 1.77. The number of nitrogens with one attached hydrogen (secondary N) is 1. The van der Waals surface area contributed by atoms with Crippen molar-refractivity contribution in [2.45, 2.75) is 19.4 Å². The van der Waals surface area contributed by atoms with E-state index in [9.17, 15) is 4.79 Å². The molecule has 4 N–H and O–H groups in total. The van der Waals surface area contributed by atoms with Gasteiger partial charge in [0.05, 0.1) is 12.5 Å². The molecule has 0 spiro atoms. The Labute approximate surface area is 59.7 Å². The Bertz CT molecular complexity index is 134. The molecule has 0 bridgehead atoms. The summed E-state index contributed by atoms with van der Waals surface area (Å²) in [5, 5.41) is 8.95. The van der Waals surface area contributed by atoms with Crippen LogP contribution in [0.25, 0.3) is 0 Å². The summed E-state index contributed by atoms with van der Waals surface area (Å²) in [7, 11) is 0. The van der Waals surface area contributed by atoms with Crippen LogP contribution < -0.4 is 11.3 Å². The highest BCUT2D eigenvalue weighted by Gasteiger charge is 2.04. The second-order valence-corrected chi connectivity index (χ2v) is 1.86. The lowest BCUT2D eigenvalue weighted by atomic mass is 10.2. The quantitative estimate of drug-likeness (QED) is 0.212. The zero-order chi connectivity index (χ0) is 7.98. The largest absolute Gasteiger partial charge is 0.389 e. The Kier molecular flexibility index (Phi) is 4.53. The van der Waals surface area contributed by atoms with E-state index in [1.54, 1.807) is 13.0 Å². The van der Waals surface area contributed by atoms with Crippen LogP contribution in [0.1, 0.15) is 13.3 Å². The summed E-state index contributed by atoms with van der Waals surface area (Å²) in [5.74, 6) is 4.41. The van der Waals surface area contributed by atoms with Crippen molar-refractivity contribution in [1.29, 1.82) is 0 Å². The van der Waals surface area contributed by atoms with Crippen molar-refractivity contribution in [3.8, 4) is 0 Å². The van der Waals surface area contributed by atoms with Crippen molar-refractivity contribution >= 4 is 5.91 Å². The number of nitrogens with two attached hydrogens (primary N) is 1. The van der Waals surface area contributed by atoms with Gasteiger partial charge < -0.3 is 5.11 Å². The first-order chi connectivity index (χ1) is 4.70. The van der Waals surface area contributed by atoms with E-state index in [0.29, 0.717) is 0 Å². The first-order valence-electron chi connectivity index (χ1n) is 3.01. The summed E-state index contributed by atoms with van der Waals surface area (Å²) in [6.07, 6.45) is 2.48. The molecule has 4 nitrogen and oxygen atoms in total. The minimum absolute atomic E-state index is 0.0147. The maximum Gasteiger partial charge on any atom is 0.236 e. The molecule has 0 saturated carbocycles. The standard InChI is InChI=1S/C6H12N2O2/c1-2-3-5(9)4-6(10)8-7/h2-3,5,9H,4,7H2,1H3,(H,8,10)/b3-2+/t5-/m0/s1. The first-order valence-corrected chi connectivity index (χ1v) is 3.01. The van der Waals surface area contributed by atoms with Gasteiger partial charge in [-0.15, -0.1) is 0 Å². The first kappa shape index (κ1) is 9.13. The van der Waals surface area contributed by atoms with Crippen molar-refractivity contribution in [2.75, 3.05) is 0 Å². The highest BCUT2D eigenvalue weighted by atomic mass is 16.3. The Morgan fingerprint density at radius 3 is 2.90 bits per heavy atom. The SMILES string of the molecule is C/C=C/[C@H](O)CC(=O)NN. The van der Waals surface area contributed by atoms with E-state index in [0.717, 1.165) is 0 Å². The lowest BCUT2D eigenvalue weighted by Gasteiger charge is -2.01. The summed E-state index contributed by atoms with van der Waals surface area (Å²) in [6, 6.07) is 0. The molecule has 1 atom stereocenters. The molecule has 0 radical (unpaired) electrons.